The van der Waals surface area contributed by atoms with Gasteiger partial charge in [0, 0.05) is 29.7 Å². The standard InChI is InChI=1S/C28H26N6O10S2/c1-13(35)43-10-15-11-45-26-21(25(39)34(26)22(15)27(40)41)32-24(38)20(16-12-46-28(29)30-16)31-23(37)17-7-18(36)19(8-33(17)42)44-9-14-5-3-2-4-6-14/h2-8,12,20-21,26,42H,9-11H2,1H3,(H2,29,30)(H,31,37)(H,32,38)(H,40,41)/t20?,21-,26-/m1/s1. The van der Waals surface area contributed by atoms with Gasteiger partial charge in [0.05, 0.1) is 11.9 Å². The number of thioether (sulfide) groups is 1. The van der Waals surface area contributed by atoms with Crippen LogP contribution in [0.2, 0.25) is 0 Å². The number of nitrogens with two attached hydrogens (primary N) is 1. The molecule has 6 N–H and O–H groups in total. The second-order valence-electron chi connectivity index (χ2n) is 9.96. The van der Waals surface area contributed by atoms with Crippen LogP contribution < -0.4 is 26.5 Å². The molecule has 1 saturated heterocycles. The average Bonchev–Trinajstić information content (AvgIpc) is 3.46. The maximum absolute atomic E-state index is 13.5. The normalized spacial score (nSPS) is 17.8. The van der Waals surface area contributed by atoms with Crippen molar-refractivity contribution in [1.82, 2.24) is 25.2 Å². The smallest absolute Gasteiger partial charge is 0.352 e. The number of hydrogen-bond donors (Lipinski definition) is 5. The molecule has 0 aliphatic carbocycles. The van der Waals surface area contributed by atoms with Gasteiger partial charge in [-0.25, -0.2) is 9.78 Å². The zero-order valence-electron chi connectivity index (χ0n) is 23.9. The van der Waals surface area contributed by atoms with E-state index in [2.05, 4.69) is 15.6 Å². The van der Waals surface area contributed by atoms with E-state index in [1.54, 1.807) is 24.3 Å². The molecule has 3 atom stereocenters. The number of carboxylic acid groups (broad SMARTS) is 1. The van der Waals surface area contributed by atoms with E-state index in [0.717, 1.165) is 45.8 Å². The highest BCUT2D eigenvalue weighted by Crippen LogP contribution is 2.40. The molecule has 0 radical (unpaired) electrons. The summed E-state index contributed by atoms with van der Waals surface area (Å²) in [5.74, 6) is -4.81. The zero-order valence-corrected chi connectivity index (χ0v) is 25.5. The topological polar surface area (TPSA) is 232 Å². The number of β-lactam (4-membered cyclic amide) rings is 1. The van der Waals surface area contributed by atoms with E-state index >= 15 is 0 Å². The van der Waals surface area contributed by atoms with Crippen molar-refractivity contribution >= 4 is 57.9 Å². The number of carboxylic acids is 1. The van der Waals surface area contributed by atoms with Crippen LogP contribution in [0.15, 0.2) is 64.0 Å². The van der Waals surface area contributed by atoms with Crippen LogP contribution >= 0.6 is 23.1 Å². The summed E-state index contributed by atoms with van der Waals surface area (Å²) in [5, 5.41) is 25.9. The van der Waals surface area contributed by atoms with Gasteiger partial charge < -0.3 is 36.2 Å². The molecule has 3 amide bonds. The van der Waals surface area contributed by atoms with E-state index in [0.29, 0.717) is 4.73 Å². The first kappa shape index (κ1) is 32.0. The first-order chi connectivity index (χ1) is 21.9. The van der Waals surface area contributed by atoms with Crippen molar-refractivity contribution in [1.29, 1.82) is 0 Å². The van der Waals surface area contributed by atoms with Crippen molar-refractivity contribution in [3.8, 4) is 5.75 Å². The highest BCUT2D eigenvalue weighted by Gasteiger charge is 2.54. The molecule has 0 saturated carbocycles. The number of nitrogens with zero attached hydrogens (tertiary/aromatic N) is 3. The third-order valence-corrected chi connectivity index (χ3v) is 8.87. The molecule has 1 unspecified atom stereocenters. The number of carbonyl (C=O) groups is 5. The average molecular weight is 671 g/mol. The molecular formula is C28H26N6O10S2. The number of thiazole rings is 1. The molecule has 0 bridgehead atoms. The fourth-order valence-corrected chi connectivity index (χ4v) is 6.57. The number of rotatable bonds is 11. The predicted molar refractivity (Wildman–Crippen MR) is 162 cm³/mol. The summed E-state index contributed by atoms with van der Waals surface area (Å²) in [6, 6.07) is 7.08. The Morgan fingerprint density at radius 1 is 1.17 bits per heavy atom. The number of aliphatic carboxylic acids is 1. The maximum Gasteiger partial charge on any atom is 0.352 e. The molecule has 3 aromatic rings. The molecule has 5 rings (SSSR count). The van der Waals surface area contributed by atoms with Crippen LogP contribution in [0.3, 0.4) is 0 Å². The lowest BCUT2D eigenvalue weighted by Gasteiger charge is -2.49. The van der Waals surface area contributed by atoms with E-state index in [1.165, 1.54) is 12.3 Å². The highest BCUT2D eigenvalue weighted by atomic mass is 32.2. The van der Waals surface area contributed by atoms with Crippen LogP contribution in [0.1, 0.15) is 34.7 Å². The van der Waals surface area contributed by atoms with Crippen molar-refractivity contribution in [3.63, 3.8) is 0 Å². The van der Waals surface area contributed by atoms with Gasteiger partial charge >= 0.3 is 11.9 Å². The summed E-state index contributed by atoms with van der Waals surface area (Å²) in [6.07, 6.45) is 0.918. The van der Waals surface area contributed by atoms with Gasteiger partial charge in [0.25, 0.3) is 11.8 Å². The lowest BCUT2D eigenvalue weighted by Crippen LogP contribution is -2.71. The number of fused-ring (bicyclic) bond motifs is 1. The predicted octanol–water partition coefficient (Wildman–Crippen LogP) is 0.476. The Morgan fingerprint density at radius 3 is 2.57 bits per heavy atom. The molecule has 2 aromatic heterocycles. The molecule has 4 heterocycles. The monoisotopic (exact) mass is 670 g/mol. The lowest BCUT2D eigenvalue weighted by molar-refractivity contribution is -0.151. The number of benzene rings is 1. The van der Waals surface area contributed by atoms with Gasteiger partial charge in [-0.15, -0.1) is 23.1 Å². The molecule has 1 aromatic carbocycles. The van der Waals surface area contributed by atoms with Crippen LogP contribution in [-0.2, 0) is 30.5 Å². The Labute approximate surface area is 267 Å². The van der Waals surface area contributed by atoms with E-state index in [4.69, 9.17) is 15.2 Å². The summed E-state index contributed by atoms with van der Waals surface area (Å²) in [7, 11) is 0. The number of nitrogen functional groups attached to an aromatic ring is 1. The van der Waals surface area contributed by atoms with Crippen molar-refractivity contribution in [3.05, 3.63) is 86.4 Å². The summed E-state index contributed by atoms with van der Waals surface area (Å²) in [6.45, 7) is 0.886. The Kier molecular flexibility index (Phi) is 9.28. The summed E-state index contributed by atoms with van der Waals surface area (Å²) in [5.41, 5.74) is 5.17. The van der Waals surface area contributed by atoms with Crippen LogP contribution in [-0.4, -0.2) is 78.4 Å². The van der Waals surface area contributed by atoms with Crippen LogP contribution in [0.5, 0.6) is 5.75 Å². The molecule has 0 spiro atoms. The number of aromatic nitrogens is 2. The van der Waals surface area contributed by atoms with E-state index in [9.17, 15) is 39.1 Å². The van der Waals surface area contributed by atoms with Gasteiger partial charge in [0.1, 0.15) is 36.0 Å². The number of carbonyl (C=O) groups excluding carboxylic acids is 4. The Balaban J connectivity index is 1.32. The molecule has 240 valence electrons. The Bertz CT molecular complexity index is 1810. The number of ether oxygens (including phenoxy) is 2. The minimum absolute atomic E-state index is 0.0118. The largest absolute Gasteiger partial charge is 0.483 e. The molecule has 2 aliphatic rings. The fourth-order valence-electron chi connectivity index (χ4n) is 4.65. The molecule has 18 heteroatoms. The lowest BCUT2D eigenvalue weighted by atomic mass is 10.0. The first-order valence-corrected chi connectivity index (χ1v) is 15.4. The number of esters is 1. The van der Waals surface area contributed by atoms with E-state index < -0.39 is 58.2 Å². The molecule has 1 fully saturated rings. The Morgan fingerprint density at radius 2 is 1.91 bits per heavy atom. The summed E-state index contributed by atoms with van der Waals surface area (Å²) in [4.78, 5) is 80.8. The van der Waals surface area contributed by atoms with Gasteiger partial charge in [-0.05, 0) is 5.56 Å². The van der Waals surface area contributed by atoms with Crippen molar-refractivity contribution in [2.75, 3.05) is 18.1 Å². The van der Waals surface area contributed by atoms with Crippen LogP contribution in [0, 0.1) is 0 Å². The third-order valence-electron chi connectivity index (χ3n) is 6.84. The molecule has 2 aliphatic heterocycles. The van der Waals surface area contributed by atoms with Crippen molar-refractivity contribution in [2.24, 2.45) is 0 Å². The molecular weight excluding hydrogens is 644 g/mol. The summed E-state index contributed by atoms with van der Waals surface area (Å²) >= 11 is 2.13. The van der Waals surface area contributed by atoms with Crippen LogP contribution in [0.25, 0.3) is 0 Å². The number of nitrogens with one attached hydrogen (secondary N) is 2. The van der Waals surface area contributed by atoms with E-state index in [-0.39, 0.29) is 46.8 Å². The second kappa shape index (κ2) is 13.3. The summed E-state index contributed by atoms with van der Waals surface area (Å²) < 4.78 is 10.8. The number of anilines is 1. The molecule has 16 nitrogen and oxygen atoms in total. The minimum atomic E-state index is -1.53. The number of hydrogen-bond acceptors (Lipinski definition) is 13. The minimum Gasteiger partial charge on any atom is -0.483 e. The SMILES string of the molecule is CC(=O)OCC1=C(C(=O)O)N2C(=O)[C@@H](NC(=O)C(NC(=O)c3cc(=O)c(OCc4ccccc4)cn3O)c3csc(N)n3)[C@H]2SC1. The quantitative estimate of drug-likeness (QED) is 0.106. The fraction of sp³-hybridized carbons (Fsp3) is 0.250. The number of pyridine rings is 1. The maximum atomic E-state index is 13.5. The van der Waals surface area contributed by atoms with Gasteiger partial charge in [0.2, 0.25) is 11.3 Å². The Hall–Kier alpha value is -5.36. The third kappa shape index (κ3) is 6.66. The van der Waals surface area contributed by atoms with Gasteiger partial charge in [-0.2, -0.15) is 4.73 Å². The number of amides is 3. The zero-order chi connectivity index (χ0) is 33.1. The first-order valence-electron chi connectivity index (χ1n) is 13.4. The van der Waals surface area contributed by atoms with Gasteiger partial charge in [0.15, 0.2) is 16.9 Å². The van der Waals surface area contributed by atoms with Gasteiger partial charge in [-0.3, -0.25) is 28.9 Å². The van der Waals surface area contributed by atoms with Gasteiger partial charge in [-0.1, -0.05) is 30.3 Å². The second-order valence-corrected chi connectivity index (χ2v) is 12.0. The highest BCUT2D eigenvalue weighted by molar-refractivity contribution is 8.00. The van der Waals surface area contributed by atoms with Crippen molar-refractivity contribution < 1.29 is 43.8 Å². The van der Waals surface area contributed by atoms with Crippen LogP contribution in [0.4, 0.5) is 5.13 Å². The molecule has 46 heavy (non-hydrogen) atoms. The van der Waals surface area contributed by atoms with E-state index in [1.807, 2.05) is 6.07 Å². The van der Waals surface area contributed by atoms with Crippen molar-refractivity contribution in [2.45, 2.75) is 31.0 Å².